The first kappa shape index (κ1) is 14.1. The van der Waals surface area contributed by atoms with Gasteiger partial charge in [-0.3, -0.25) is 0 Å². The van der Waals surface area contributed by atoms with Crippen molar-refractivity contribution in [2.45, 2.75) is 18.4 Å². The molecule has 0 radical (unpaired) electrons. The van der Waals surface area contributed by atoms with Gasteiger partial charge in [-0.15, -0.1) is 5.10 Å². The molecule has 0 aliphatic carbocycles. The van der Waals surface area contributed by atoms with Gasteiger partial charge in [0, 0.05) is 18.4 Å². The molecule has 0 aliphatic rings. The number of sulfone groups is 1. The van der Waals surface area contributed by atoms with E-state index >= 15 is 0 Å². The molecule has 0 saturated heterocycles. The lowest BCUT2D eigenvalue weighted by molar-refractivity contribution is 0.602. The molecule has 2 rings (SSSR count). The minimum atomic E-state index is -3.16. The first-order valence-corrected chi connectivity index (χ1v) is 8.51. The maximum Gasteiger partial charge on any atom is 0.175 e. The van der Waals surface area contributed by atoms with Gasteiger partial charge in [-0.2, -0.15) is 0 Å². The van der Waals surface area contributed by atoms with Crippen molar-refractivity contribution < 1.29 is 8.42 Å². The molecule has 0 atom stereocenters. The van der Waals surface area contributed by atoms with Crippen LogP contribution in [0.25, 0.3) is 11.3 Å². The van der Waals surface area contributed by atoms with E-state index in [1.54, 1.807) is 24.3 Å². The summed E-state index contributed by atoms with van der Waals surface area (Å²) in [6.45, 7) is 3.64. The molecule has 0 spiro atoms. The van der Waals surface area contributed by atoms with Gasteiger partial charge in [0.05, 0.1) is 9.77 Å². The van der Waals surface area contributed by atoms with Gasteiger partial charge in [-0.1, -0.05) is 23.5 Å². The van der Waals surface area contributed by atoms with Crippen molar-refractivity contribution in [1.82, 2.24) is 14.9 Å². The molecular weight excluding hydrogens is 282 g/mol. The molecule has 1 N–H and O–H groups in total. The molecule has 0 saturated carbocycles. The number of rotatable bonds is 5. The average molecular weight is 297 g/mol. The summed E-state index contributed by atoms with van der Waals surface area (Å²) < 4.78 is 26.8. The third-order valence-corrected chi connectivity index (χ3v) is 4.50. The normalized spacial score (nSPS) is 11.7. The maximum atomic E-state index is 11.4. The Morgan fingerprint density at radius 1 is 1.26 bits per heavy atom. The fraction of sp³-hybridized carbons (Fsp3) is 0.333. The molecule has 0 aliphatic heterocycles. The Kier molecular flexibility index (Phi) is 4.28. The Labute approximate surface area is 116 Å². The van der Waals surface area contributed by atoms with Gasteiger partial charge >= 0.3 is 0 Å². The predicted molar refractivity (Wildman–Crippen MR) is 75.8 cm³/mol. The standard InChI is InChI=1S/C12H15N3O2S2/c1-3-13-8-11-12(14-15-18-11)9-4-6-10(7-5-9)19(2,16)17/h4-7,13H,3,8H2,1-2H3. The van der Waals surface area contributed by atoms with Gasteiger partial charge in [0.1, 0.15) is 5.69 Å². The Hall–Kier alpha value is -1.31. The summed E-state index contributed by atoms with van der Waals surface area (Å²) in [5.41, 5.74) is 1.69. The molecule has 0 bridgehead atoms. The fourth-order valence-corrected chi connectivity index (χ4v) is 2.91. The monoisotopic (exact) mass is 297 g/mol. The van der Waals surface area contributed by atoms with Crippen molar-refractivity contribution in [3.8, 4) is 11.3 Å². The third kappa shape index (κ3) is 3.37. The van der Waals surface area contributed by atoms with Gasteiger partial charge < -0.3 is 5.32 Å². The summed E-state index contributed by atoms with van der Waals surface area (Å²) in [5, 5.41) is 7.34. The summed E-state index contributed by atoms with van der Waals surface area (Å²) in [4.78, 5) is 1.36. The second-order valence-electron chi connectivity index (χ2n) is 4.12. The summed E-state index contributed by atoms with van der Waals surface area (Å²) in [7, 11) is -3.16. The molecule has 0 unspecified atom stereocenters. The zero-order valence-corrected chi connectivity index (χ0v) is 12.4. The third-order valence-electron chi connectivity index (χ3n) is 2.65. The second kappa shape index (κ2) is 5.77. The quantitative estimate of drug-likeness (QED) is 0.909. The van der Waals surface area contributed by atoms with Gasteiger partial charge in [0.15, 0.2) is 9.84 Å². The van der Waals surface area contributed by atoms with Crippen molar-refractivity contribution >= 4 is 21.4 Å². The lowest BCUT2D eigenvalue weighted by Gasteiger charge is -2.03. The van der Waals surface area contributed by atoms with Crippen LogP contribution in [-0.2, 0) is 16.4 Å². The molecule has 19 heavy (non-hydrogen) atoms. The number of hydrogen-bond acceptors (Lipinski definition) is 6. The topological polar surface area (TPSA) is 72.0 Å². The van der Waals surface area contributed by atoms with Crippen LogP contribution in [-0.4, -0.2) is 30.8 Å². The molecule has 1 heterocycles. The maximum absolute atomic E-state index is 11.4. The van der Waals surface area contributed by atoms with Crippen molar-refractivity contribution in [3.63, 3.8) is 0 Å². The van der Waals surface area contributed by atoms with E-state index < -0.39 is 9.84 Å². The summed E-state index contributed by atoms with van der Waals surface area (Å²) in [5.74, 6) is 0. The van der Waals surface area contributed by atoms with E-state index in [0.29, 0.717) is 4.90 Å². The van der Waals surface area contributed by atoms with Crippen LogP contribution < -0.4 is 5.32 Å². The Balaban J connectivity index is 2.30. The first-order valence-electron chi connectivity index (χ1n) is 5.85. The molecule has 5 nitrogen and oxygen atoms in total. The van der Waals surface area contributed by atoms with Gasteiger partial charge in [-0.25, -0.2) is 8.42 Å². The van der Waals surface area contributed by atoms with E-state index in [9.17, 15) is 8.42 Å². The van der Waals surface area contributed by atoms with Crippen LogP contribution in [0.4, 0.5) is 0 Å². The highest BCUT2D eigenvalue weighted by Crippen LogP contribution is 2.25. The lowest BCUT2D eigenvalue weighted by Crippen LogP contribution is -2.11. The van der Waals surface area contributed by atoms with Gasteiger partial charge in [0.2, 0.25) is 0 Å². The highest BCUT2D eigenvalue weighted by molar-refractivity contribution is 7.90. The molecule has 1 aromatic carbocycles. The van der Waals surface area contributed by atoms with Crippen LogP contribution >= 0.6 is 11.5 Å². The van der Waals surface area contributed by atoms with E-state index in [4.69, 9.17) is 0 Å². The zero-order valence-electron chi connectivity index (χ0n) is 10.8. The molecule has 0 fully saturated rings. The Bertz CT molecular complexity index is 648. The highest BCUT2D eigenvalue weighted by atomic mass is 32.2. The minimum absolute atomic E-state index is 0.313. The molecular formula is C12H15N3O2S2. The number of hydrogen-bond donors (Lipinski definition) is 1. The number of aromatic nitrogens is 2. The van der Waals surface area contributed by atoms with Crippen LogP contribution in [0.2, 0.25) is 0 Å². The smallest absolute Gasteiger partial charge is 0.175 e. The van der Waals surface area contributed by atoms with Gasteiger partial charge in [0.25, 0.3) is 0 Å². The fourth-order valence-electron chi connectivity index (χ4n) is 1.64. The Morgan fingerprint density at radius 2 is 1.95 bits per heavy atom. The van der Waals surface area contributed by atoms with Crippen LogP contribution in [0.5, 0.6) is 0 Å². The second-order valence-corrected chi connectivity index (χ2v) is 6.98. The van der Waals surface area contributed by atoms with Crippen LogP contribution in [0.3, 0.4) is 0 Å². The van der Waals surface area contributed by atoms with E-state index in [0.717, 1.165) is 29.2 Å². The molecule has 1 aromatic heterocycles. The van der Waals surface area contributed by atoms with E-state index in [1.165, 1.54) is 17.8 Å². The van der Waals surface area contributed by atoms with Gasteiger partial charge in [-0.05, 0) is 30.2 Å². The summed E-state index contributed by atoms with van der Waals surface area (Å²) >= 11 is 1.35. The van der Waals surface area contributed by atoms with Crippen molar-refractivity contribution in [2.24, 2.45) is 0 Å². The number of nitrogens with zero attached hydrogens (tertiary/aromatic N) is 2. The first-order chi connectivity index (χ1) is 9.02. The summed E-state index contributed by atoms with van der Waals surface area (Å²) in [6.07, 6.45) is 1.20. The van der Waals surface area contributed by atoms with E-state index in [1.807, 2.05) is 6.92 Å². The van der Waals surface area contributed by atoms with Crippen LogP contribution in [0.15, 0.2) is 29.2 Å². The molecule has 0 amide bonds. The minimum Gasteiger partial charge on any atom is -0.312 e. The predicted octanol–water partition coefficient (Wildman–Crippen LogP) is 1.72. The van der Waals surface area contributed by atoms with E-state index in [-0.39, 0.29) is 0 Å². The highest BCUT2D eigenvalue weighted by Gasteiger charge is 2.12. The largest absolute Gasteiger partial charge is 0.312 e. The Morgan fingerprint density at radius 3 is 2.53 bits per heavy atom. The lowest BCUT2D eigenvalue weighted by atomic mass is 10.1. The molecule has 102 valence electrons. The average Bonchev–Trinajstić information content (AvgIpc) is 2.83. The van der Waals surface area contributed by atoms with Crippen molar-refractivity contribution in [2.75, 3.05) is 12.8 Å². The van der Waals surface area contributed by atoms with Crippen molar-refractivity contribution in [3.05, 3.63) is 29.1 Å². The van der Waals surface area contributed by atoms with Crippen LogP contribution in [0.1, 0.15) is 11.8 Å². The van der Waals surface area contributed by atoms with Crippen molar-refractivity contribution in [1.29, 1.82) is 0 Å². The number of benzene rings is 1. The summed E-state index contributed by atoms with van der Waals surface area (Å²) in [6, 6.07) is 6.73. The molecule has 2 aromatic rings. The SMILES string of the molecule is CCNCc1snnc1-c1ccc(S(C)(=O)=O)cc1. The number of nitrogens with one attached hydrogen (secondary N) is 1. The van der Waals surface area contributed by atoms with E-state index in [2.05, 4.69) is 14.9 Å². The van der Waals surface area contributed by atoms with Crippen LogP contribution in [0, 0.1) is 0 Å². The zero-order chi connectivity index (χ0) is 13.9. The molecule has 7 heteroatoms.